The molecule has 1 N–H and O–H groups in total. The Kier molecular flexibility index (Phi) is 6.38. The van der Waals surface area contributed by atoms with Crippen molar-refractivity contribution in [1.29, 1.82) is 5.41 Å². The van der Waals surface area contributed by atoms with E-state index in [-0.39, 0.29) is 39.4 Å². The maximum Gasteiger partial charge on any atom is 0.284 e. The van der Waals surface area contributed by atoms with Crippen LogP contribution in [0.1, 0.15) is 26.5 Å². The predicted octanol–water partition coefficient (Wildman–Crippen LogP) is 4.97. The summed E-state index contributed by atoms with van der Waals surface area (Å²) < 4.78 is 15.4. The molecule has 10 nitrogen and oxygen atoms in total. The number of hydrogen-bond acceptors (Lipinski definition) is 9. The summed E-state index contributed by atoms with van der Waals surface area (Å²) in [5.41, 5.74) is 0.156. The zero-order valence-electron chi connectivity index (χ0n) is 17.9. The zero-order chi connectivity index (χ0) is 23.7. The summed E-state index contributed by atoms with van der Waals surface area (Å²) in [6, 6.07) is 7.68. The summed E-state index contributed by atoms with van der Waals surface area (Å²) in [6.45, 7) is 6.19. The van der Waals surface area contributed by atoms with E-state index < -0.39 is 10.8 Å². The Hall–Kier alpha value is -3.38. The first-order valence-corrected chi connectivity index (χ1v) is 11.6. The Morgan fingerprint density at radius 1 is 1.36 bits per heavy atom. The molecule has 0 saturated heterocycles. The van der Waals surface area contributed by atoms with Crippen molar-refractivity contribution in [2.24, 2.45) is 9.39 Å². The summed E-state index contributed by atoms with van der Waals surface area (Å²) in [4.78, 5) is 29.2. The first-order chi connectivity index (χ1) is 15.8. The molecule has 0 aliphatic carbocycles. The molecule has 0 bridgehead atoms. The van der Waals surface area contributed by atoms with Gasteiger partial charge < -0.3 is 9.15 Å². The minimum absolute atomic E-state index is 0.0420. The number of thioether (sulfide) groups is 1. The highest BCUT2D eigenvalue weighted by Gasteiger charge is 2.38. The van der Waals surface area contributed by atoms with Crippen LogP contribution in [0.15, 0.2) is 49.7 Å². The van der Waals surface area contributed by atoms with E-state index in [1.54, 1.807) is 31.2 Å². The third-order valence-corrected chi connectivity index (χ3v) is 6.26. The topological polar surface area (TPSA) is 134 Å². The number of aliphatic imine (C=N–C) groups is 1. The van der Waals surface area contributed by atoms with Crippen molar-refractivity contribution in [2.75, 3.05) is 6.61 Å². The molecular formula is C21H19N5O5S2. The first kappa shape index (κ1) is 22.8. The number of carbonyl (C=O) groups is 1. The van der Waals surface area contributed by atoms with E-state index in [0.29, 0.717) is 22.7 Å². The van der Waals surface area contributed by atoms with Crippen molar-refractivity contribution < 1.29 is 18.9 Å². The number of nitro benzene ring substituents is 1. The van der Waals surface area contributed by atoms with E-state index in [1.807, 2.05) is 13.8 Å². The van der Waals surface area contributed by atoms with Crippen LogP contribution in [0.5, 0.6) is 5.75 Å². The number of nitro groups is 1. The van der Waals surface area contributed by atoms with Crippen LogP contribution in [0.25, 0.3) is 17.4 Å². The van der Waals surface area contributed by atoms with Crippen molar-refractivity contribution in [2.45, 2.75) is 26.0 Å². The second-order valence-corrected chi connectivity index (χ2v) is 9.42. The van der Waals surface area contributed by atoms with E-state index in [1.165, 1.54) is 28.8 Å². The molecule has 12 heteroatoms. The highest BCUT2D eigenvalue weighted by molar-refractivity contribution is 8.19. The summed E-state index contributed by atoms with van der Waals surface area (Å²) in [5.74, 6) is 0.283. The molecule has 1 aromatic carbocycles. The molecule has 1 aromatic heterocycles. The SMILES string of the molecule is CCOc1ccc(-c2ccc(/C=C3/C(=N)N4C(=NC3=O)SN=C4SC(C)C)o2)c([N+](=O)[O-])c1. The minimum atomic E-state index is -0.574. The van der Waals surface area contributed by atoms with E-state index in [0.717, 1.165) is 11.9 Å². The summed E-state index contributed by atoms with van der Waals surface area (Å²) >= 11 is 2.53. The second-order valence-electron chi connectivity index (χ2n) is 7.14. The van der Waals surface area contributed by atoms with E-state index in [4.69, 9.17) is 14.6 Å². The maximum absolute atomic E-state index is 12.6. The van der Waals surface area contributed by atoms with Gasteiger partial charge in [-0.25, -0.2) is 4.90 Å². The van der Waals surface area contributed by atoms with Crippen LogP contribution in [0.3, 0.4) is 0 Å². The van der Waals surface area contributed by atoms with Crippen LogP contribution < -0.4 is 4.74 Å². The van der Waals surface area contributed by atoms with Gasteiger partial charge in [-0.1, -0.05) is 25.6 Å². The molecule has 33 heavy (non-hydrogen) atoms. The quantitative estimate of drug-likeness (QED) is 0.262. The Labute approximate surface area is 197 Å². The van der Waals surface area contributed by atoms with Gasteiger partial charge >= 0.3 is 0 Å². The summed E-state index contributed by atoms with van der Waals surface area (Å²) in [6.07, 6.45) is 1.41. The van der Waals surface area contributed by atoms with Crippen molar-refractivity contribution in [3.05, 3.63) is 51.8 Å². The molecule has 3 heterocycles. The molecule has 2 aliphatic heterocycles. The summed E-state index contributed by atoms with van der Waals surface area (Å²) in [5, 5.41) is 21.3. The number of fused-ring (bicyclic) bond motifs is 1. The predicted molar refractivity (Wildman–Crippen MR) is 130 cm³/mol. The molecule has 0 radical (unpaired) electrons. The van der Waals surface area contributed by atoms with Crippen LogP contribution in [0, 0.1) is 15.5 Å². The van der Waals surface area contributed by atoms with Gasteiger partial charge in [0.25, 0.3) is 11.6 Å². The van der Waals surface area contributed by atoms with Gasteiger partial charge in [0.1, 0.15) is 23.1 Å². The van der Waals surface area contributed by atoms with Gasteiger partial charge in [0.2, 0.25) is 5.17 Å². The molecule has 1 amide bonds. The highest BCUT2D eigenvalue weighted by Crippen LogP contribution is 2.36. The third kappa shape index (κ3) is 4.57. The van der Waals surface area contributed by atoms with Gasteiger partial charge in [-0.05, 0) is 37.3 Å². The lowest BCUT2D eigenvalue weighted by atomic mass is 10.1. The normalized spacial score (nSPS) is 16.8. The molecular weight excluding hydrogens is 466 g/mol. The number of benzene rings is 1. The number of carbonyl (C=O) groups excluding carboxylic acids is 1. The van der Waals surface area contributed by atoms with Gasteiger partial charge in [-0.15, -0.1) is 0 Å². The largest absolute Gasteiger partial charge is 0.494 e. The highest BCUT2D eigenvalue weighted by atomic mass is 32.2. The lowest BCUT2D eigenvalue weighted by Gasteiger charge is -2.24. The molecule has 0 fully saturated rings. The fraction of sp³-hybridized carbons (Fsp3) is 0.238. The fourth-order valence-electron chi connectivity index (χ4n) is 3.13. The molecule has 0 atom stereocenters. The molecule has 0 saturated carbocycles. The molecule has 170 valence electrons. The third-order valence-electron chi connectivity index (χ3n) is 4.49. The standard InChI is InChI=1S/C21H19N5O5S2/c1-4-30-12-5-7-14(16(10-12)26(28)29)17-8-6-13(31-17)9-15-18(22)25-20(23-19(15)27)33-24-21(25)32-11(2)3/h5-11,22H,4H2,1-3H3/b15-9-,22-18?. The lowest BCUT2D eigenvalue weighted by molar-refractivity contribution is -0.384. The summed E-state index contributed by atoms with van der Waals surface area (Å²) in [7, 11) is 0. The lowest BCUT2D eigenvalue weighted by Crippen LogP contribution is -2.41. The van der Waals surface area contributed by atoms with Gasteiger partial charge in [0.05, 0.1) is 40.7 Å². The molecule has 2 aliphatic rings. The van der Waals surface area contributed by atoms with Gasteiger partial charge in [0.15, 0.2) is 5.17 Å². The van der Waals surface area contributed by atoms with Crippen LogP contribution >= 0.6 is 23.7 Å². The average Bonchev–Trinajstić information content (AvgIpc) is 3.38. The number of hydrogen-bond donors (Lipinski definition) is 1. The Bertz CT molecular complexity index is 1250. The van der Waals surface area contributed by atoms with Crippen molar-refractivity contribution in [1.82, 2.24) is 4.90 Å². The molecule has 4 rings (SSSR count). The number of amidine groups is 3. The maximum atomic E-state index is 12.6. The molecule has 0 spiro atoms. The average molecular weight is 486 g/mol. The molecule has 2 aromatic rings. The van der Waals surface area contributed by atoms with E-state index >= 15 is 0 Å². The zero-order valence-corrected chi connectivity index (χ0v) is 19.5. The van der Waals surface area contributed by atoms with Crippen LogP contribution in [-0.4, -0.2) is 43.8 Å². The number of rotatable bonds is 6. The Morgan fingerprint density at radius 2 is 2.15 bits per heavy atom. The molecule has 0 unspecified atom stereocenters. The number of amides is 1. The van der Waals surface area contributed by atoms with Crippen molar-refractivity contribution in [3.63, 3.8) is 0 Å². The van der Waals surface area contributed by atoms with Gasteiger partial charge in [-0.3, -0.25) is 20.3 Å². The monoisotopic (exact) mass is 485 g/mol. The Morgan fingerprint density at radius 3 is 2.85 bits per heavy atom. The minimum Gasteiger partial charge on any atom is -0.494 e. The van der Waals surface area contributed by atoms with E-state index in [9.17, 15) is 14.9 Å². The number of furan rings is 1. The smallest absolute Gasteiger partial charge is 0.284 e. The Balaban J connectivity index is 1.65. The van der Waals surface area contributed by atoms with E-state index in [2.05, 4.69) is 9.39 Å². The van der Waals surface area contributed by atoms with Crippen LogP contribution in [0.2, 0.25) is 0 Å². The van der Waals surface area contributed by atoms with Gasteiger partial charge in [-0.2, -0.15) is 9.39 Å². The second kappa shape index (κ2) is 9.24. The number of nitrogens with zero attached hydrogens (tertiary/aromatic N) is 4. The van der Waals surface area contributed by atoms with Crippen LogP contribution in [-0.2, 0) is 4.79 Å². The van der Waals surface area contributed by atoms with Crippen molar-refractivity contribution in [3.8, 4) is 17.1 Å². The van der Waals surface area contributed by atoms with Crippen molar-refractivity contribution >= 4 is 57.6 Å². The van der Waals surface area contributed by atoms with Gasteiger partial charge in [0, 0.05) is 5.25 Å². The number of nitrogens with one attached hydrogen (secondary N) is 1. The number of ether oxygens (including phenoxy) is 1. The van der Waals surface area contributed by atoms with Crippen LogP contribution in [0.4, 0.5) is 5.69 Å². The first-order valence-electron chi connectivity index (χ1n) is 9.95. The fourth-order valence-corrected chi connectivity index (χ4v) is 4.80.